The Morgan fingerprint density at radius 2 is 1.84 bits per heavy atom. The molecule has 1 fully saturated rings. The van der Waals surface area contributed by atoms with Crippen LogP contribution in [0.15, 0.2) is 48.3 Å². The summed E-state index contributed by atoms with van der Waals surface area (Å²) in [4.78, 5) is 57.1. The third-order valence-corrected chi connectivity index (χ3v) is 9.86. The monoisotopic (exact) mass is 716 g/mol. The summed E-state index contributed by atoms with van der Waals surface area (Å²) < 4.78 is 23.8. The zero-order valence-corrected chi connectivity index (χ0v) is 30.8. The molecular weight excluding hydrogens is 660 g/mol. The fraction of sp³-hybridized carbons (Fsp3) is 0.658. The maximum Gasteiger partial charge on any atom is 0.310 e. The van der Waals surface area contributed by atoms with Crippen molar-refractivity contribution < 1.29 is 53.4 Å². The van der Waals surface area contributed by atoms with Crippen LogP contribution in [0.1, 0.15) is 65.9 Å². The Hall–Kier alpha value is -3.33. The summed E-state index contributed by atoms with van der Waals surface area (Å²) in [6.07, 6.45) is 1.68. The Bertz CT molecular complexity index is 1350. The second-order valence-electron chi connectivity index (χ2n) is 14.1. The minimum atomic E-state index is -1.31. The van der Waals surface area contributed by atoms with Gasteiger partial charge in [-0.05, 0) is 64.4 Å². The minimum Gasteiger partial charge on any atom is -0.465 e. The van der Waals surface area contributed by atoms with Gasteiger partial charge in [-0.1, -0.05) is 44.6 Å². The van der Waals surface area contributed by atoms with Crippen LogP contribution in [-0.4, -0.2) is 119 Å². The highest BCUT2D eigenvalue weighted by atomic mass is 16.7. The molecule has 1 saturated heterocycles. The Balaban J connectivity index is 1.93. The Kier molecular flexibility index (Phi) is 16.5. The van der Waals surface area contributed by atoms with Crippen LogP contribution < -0.4 is 0 Å². The average Bonchev–Trinajstić information content (AvgIpc) is 3.08. The number of ether oxygens (including phenoxy) is 4. The van der Waals surface area contributed by atoms with Gasteiger partial charge in [0.15, 0.2) is 12.1 Å². The molecule has 2 aliphatic heterocycles. The van der Waals surface area contributed by atoms with Crippen LogP contribution in [0.5, 0.6) is 0 Å². The SMILES string of the molecule is CC[C@H]1OC(=O)C[C@@H](O)[C@H](C)[C@@H](O[C@@H]2O[C@H](C)[C@@H](O)[C@H](N(C)C)[C@H]2O)[C@@H](CC=O)C[C@@H](C)C(=O)/C=C/C(C)=C/[C@@H]1COC(=O)Cc1cccnc1. The highest BCUT2D eigenvalue weighted by Crippen LogP contribution is 2.34. The van der Waals surface area contributed by atoms with Gasteiger partial charge in [0.25, 0.3) is 0 Å². The largest absolute Gasteiger partial charge is 0.465 e. The molecular formula is C38H56N2O11. The van der Waals surface area contributed by atoms with E-state index in [0.717, 1.165) is 6.29 Å². The first-order valence-corrected chi connectivity index (χ1v) is 17.8. The number of allylic oxidation sites excluding steroid dienone is 3. The van der Waals surface area contributed by atoms with Crippen LogP contribution in [0.4, 0.5) is 0 Å². The quantitative estimate of drug-likeness (QED) is 0.238. The summed E-state index contributed by atoms with van der Waals surface area (Å²) in [6, 6.07) is 2.76. The molecule has 1 aromatic rings. The third kappa shape index (κ3) is 12.1. The van der Waals surface area contributed by atoms with Gasteiger partial charge in [0, 0.05) is 36.6 Å². The molecule has 0 radical (unpaired) electrons. The molecule has 3 rings (SSSR count). The minimum absolute atomic E-state index is 0.0166. The predicted molar refractivity (Wildman–Crippen MR) is 187 cm³/mol. The second kappa shape index (κ2) is 20.1. The number of carbonyl (C=O) groups excluding carboxylic acids is 4. The molecule has 3 heterocycles. The molecule has 51 heavy (non-hydrogen) atoms. The van der Waals surface area contributed by atoms with E-state index in [-0.39, 0.29) is 31.7 Å². The number of aldehydes is 1. The molecule has 0 unspecified atom stereocenters. The first-order chi connectivity index (χ1) is 24.2. The lowest BCUT2D eigenvalue weighted by Gasteiger charge is -2.46. The van der Waals surface area contributed by atoms with E-state index in [0.29, 0.717) is 17.6 Å². The van der Waals surface area contributed by atoms with Gasteiger partial charge in [-0.25, -0.2) is 0 Å². The van der Waals surface area contributed by atoms with Crippen LogP contribution in [0.3, 0.4) is 0 Å². The van der Waals surface area contributed by atoms with Crippen LogP contribution in [0.25, 0.3) is 0 Å². The van der Waals surface area contributed by atoms with E-state index in [4.69, 9.17) is 18.9 Å². The van der Waals surface area contributed by atoms with Crippen LogP contribution in [0, 0.1) is 23.7 Å². The van der Waals surface area contributed by atoms with Gasteiger partial charge in [-0.2, -0.15) is 0 Å². The van der Waals surface area contributed by atoms with Gasteiger partial charge >= 0.3 is 11.9 Å². The smallest absolute Gasteiger partial charge is 0.310 e. The van der Waals surface area contributed by atoms with Crippen molar-refractivity contribution in [3.05, 3.63) is 53.9 Å². The number of hydrogen-bond acceptors (Lipinski definition) is 13. The molecule has 0 amide bonds. The standard InChI is InChI=1S/C38H56N2O11/c1-8-31-28(21-48-32(44)18-26-10-9-14-39-20-26)16-22(2)11-12-29(42)23(3)17-27(13-15-41)37(24(4)30(43)19-33(45)50-31)51-38-36(47)34(40(6)7)35(46)25(5)49-38/h9-12,14-16,20,23-25,27-28,30-31,34-38,43,46-47H,8,13,17-19,21H2,1-7H3/b12-11+,22-16+/t23-,24+,25-,27+,28-,30-,31-,34+,35-,36-,37-,38+/m1/s1. The number of aromatic nitrogens is 1. The van der Waals surface area contributed by atoms with Gasteiger partial charge in [-0.15, -0.1) is 0 Å². The zero-order valence-electron chi connectivity index (χ0n) is 30.8. The van der Waals surface area contributed by atoms with Crippen molar-refractivity contribution in [3.8, 4) is 0 Å². The number of cyclic esters (lactones) is 1. The number of aliphatic hydroxyl groups excluding tert-OH is 3. The number of carbonyl (C=O) groups is 4. The molecule has 0 aliphatic carbocycles. The summed E-state index contributed by atoms with van der Waals surface area (Å²) in [5.74, 6) is -3.89. The molecule has 0 spiro atoms. The van der Waals surface area contributed by atoms with E-state index in [1.54, 1.807) is 83.4 Å². The van der Waals surface area contributed by atoms with Crippen molar-refractivity contribution in [1.29, 1.82) is 0 Å². The van der Waals surface area contributed by atoms with E-state index < -0.39 is 91.0 Å². The first kappa shape index (κ1) is 42.1. The molecule has 13 heteroatoms. The Morgan fingerprint density at radius 1 is 1.12 bits per heavy atom. The molecule has 0 bridgehead atoms. The summed E-state index contributed by atoms with van der Waals surface area (Å²) in [5, 5.41) is 33.4. The highest BCUT2D eigenvalue weighted by Gasteiger charge is 2.47. The lowest BCUT2D eigenvalue weighted by atomic mass is 9.79. The van der Waals surface area contributed by atoms with Crippen molar-refractivity contribution in [3.63, 3.8) is 0 Å². The predicted octanol–water partition coefficient (Wildman–Crippen LogP) is 2.59. The number of pyridine rings is 1. The van der Waals surface area contributed by atoms with Crippen LogP contribution in [-0.2, 0) is 44.5 Å². The summed E-state index contributed by atoms with van der Waals surface area (Å²) in [6.45, 7) is 8.59. The second-order valence-corrected chi connectivity index (χ2v) is 14.1. The van der Waals surface area contributed by atoms with Crippen molar-refractivity contribution in [2.75, 3.05) is 20.7 Å². The molecule has 13 nitrogen and oxygen atoms in total. The molecule has 3 N–H and O–H groups in total. The van der Waals surface area contributed by atoms with E-state index in [9.17, 15) is 34.5 Å². The fourth-order valence-electron chi connectivity index (χ4n) is 6.82. The topological polar surface area (TPSA) is 182 Å². The Morgan fingerprint density at radius 3 is 2.47 bits per heavy atom. The third-order valence-electron chi connectivity index (χ3n) is 9.86. The van der Waals surface area contributed by atoms with E-state index in [1.807, 2.05) is 6.92 Å². The first-order valence-electron chi connectivity index (χ1n) is 17.8. The fourth-order valence-corrected chi connectivity index (χ4v) is 6.82. The van der Waals surface area contributed by atoms with Crippen molar-refractivity contribution in [1.82, 2.24) is 9.88 Å². The molecule has 284 valence electrons. The summed E-state index contributed by atoms with van der Waals surface area (Å²) in [5.41, 5.74) is 1.37. The summed E-state index contributed by atoms with van der Waals surface area (Å²) in [7, 11) is 3.42. The maximum absolute atomic E-state index is 13.4. The number of ketones is 1. The van der Waals surface area contributed by atoms with Gasteiger partial charge in [0.2, 0.25) is 0 Å². The summed E-state index contributed by atoms with van der Waals surface area (Å²) >= 11 is 0. The zero-order chi connectivity index (χ0) is 37.8. The van der Waals surface area contributed by atoms with Crippen molar-refractivity contribution >= 4 is 24.0 Å². The number of rotatable bonds is 10. The number of aliphatic hydroxyl groups is 3. The van der Waals surface area contributed by atoms with Gasteiger partial charge in [-0.3, -0.25) is 19.4 Å². The molecule has 0 saturated carbocycles. The highest BCUT2D eigenvalue weighted by molar-refractivity contribution is 5.91. The van der Waals surface area contributed by atoms with E-state index in [2.05, 4.69) is 4.98 Å². The average molecular weight is 717 g/mol. The maximum atomic E-state index is 13.4. The molecule has 2 aliphatic rings. The van der Waals surface area contributed by atoms with E-state index >= 15 is 0 Å². The molecule has 0 aromatic carbocycles. The number of likely N-dealkylation sites (N-methyl/N-ethyl adjacent to an activating group) is 1. The molecule has 1 aromatic heterocycles. The Labute approximate surface area is 301 Å². The normalized spacial score (nSPS) is 36.1. The van der Waals surface area contributed by atoms with Gasteiger partial charge in [0.05, 0.1) is 43.3 Å². The lowest BCUT2D eigenvalue weighted by molar-refractivity contribution is -0.304. The van der Waals surface area contributed by atoms with Crippen molar-refractivity contribution in [2.45, 2.75) is 116 Å². The molecule has 12 atom stereocenters. The number of esters is 2. The van der Waals surface area contributed by atoms with Crippen molar-refractivity contribution in [2.24, 2.45) is 23.7 Å². The van der Waals surface area contributed by atoms with Gasteiger partial charge in [0.1, 0.15) is 25.1 Å². The van der Waals surface area contributed by atoms with Crippen LogP contribution in [0.2, 0.25) is 0 Å². The van der Waals surface area contributed by atoms with E-state index in [1.165, 1.54) is 6.08 Å². The van der Waals surface area contributed by atoms with Gasteiger partial charge < -0.3 is 44.0 Å². The number of hydrogen-bond donors (Lipinski definition) is 3. The lowest BCUT2D eigenvalue weighted by Crippen LogP contribution is -2.63. The van der Waals surface area contributed by atoms with Crippen LogP contribution >= 0.6 is 0 Å². The number of nitrogens with zero attached hydrogens (tertiary/aromatic N) is 2.